The Labute approximate surface area is 534 Å². The van der Waals surface area contributed by atoms with Crippen molar-refractivity contribution in [2.24, 2.45) is 23.5 Å². The predicted octanol–water partition coefficient (Wildman–Crippen LogP) is 4.09. The van der Waals surface area contributed by atoms with Crippen molar-refractivity contribution in [3.05, 3.63) is 77.9 Å². The van der Waals surface area contributed by atoms with Gasteiger partial charge in [0.2, 0.25) is 17.7 Å². The van der Waals surface area contributed by atoms with Crippen molar-refractivity contribution in [1.82, 2.24) is 35.6 Å². The summed E-state index contributed by atoms with van der Waals surface area (Å²) in [5, 5.41) is 54.8. The Balaban J connectivity index is 1.07. The van der Waals surface area contributed by atoms with Gasteiger partial charge in [0.05, 0.1) is 36.4 Å². The number of amides is 9. The molecule has 0 radical (unpaired) electrons. The lowest BCUT2D eigenvalue weighted by Crippen LogP contribution is -2.54. The fourth-order valence-corrected chi connectivity index (χ4v) is 10.9. The number of aliphatic hydroxyl groups excluding tert-OH is 2. The van der Waals surface area contributed by atoms with E-state index in [0.717, 1.165) is 4.90 Å². The average Bonchev–Trinajstić information content (AvgIpc) is 2.25. The van der Waals surface area contributed by atoms with Crippen LogP contribution in [0.3, 0.4) is 0 Å². The molecule has 1 aromatic carbocycles. The first kappa shape index (κ1) is 74.5. The third kappa shape index (κ3) is 24.7. The van der Waals surface area contributed by atoms with E-state index >= 15 is 0 Å². The van der Waals surface area contributed by atoms with E-state index in [1.807, 2.05) is 20.8 Å². The van der Waals surface area contributed by atoms with E-state index in [2.05, 4.69) is 26.2 Å². The van der Waals surface area contributed by atoms with Crippen LogP contribution in [-0.2, 0) is 54.3 Å². The van der Waals surface area contributed by atoms with Crippen LogP contribution in [0.2, 0.25) is 0 Å². The molecule has 10 N–H and O–H groups in total. The van der Waals surface area contributed by atoms with Gasteiger partial charge in [0.15, 0.2) is 6.10 Å². The molecule has 0 spiro atoms. The number of esters is 1. The minimum Gasteiger partial charge on any atom is -0.457 e. The summed E-state index contributed by atoms with van der Waals surface area (Å²) in [6.45, 7) is 16.8. The molecule has 5 rings (SSSR count). The number of allylic oxidation sites excluding steroid dienone is 2. The van der Waals surface area contributed by atoms with Gasteiger partial charge in [-0.25, -0.2) is 14.4 Å². The quantitative estimate of drug-likeness (QED) is 0.00996. The van der Waals surface area contributed by atoms with Gasteiger partial charge in [-0.3, -0.25) is 38.6 Å². The number of ether oxygens (including phenoxy) is 4. The van der Waals surface area contributed by atoms with Gasteiger partial charge in [0.1, 0.15) is 30.4 Å². The van der Waals surface area contributed by atoms with Gasteiger partial charge in [-0.2, -0.15) is 0 Å². The molecule has 4 aliphatic heterocycles. The number of hydrogen-bond donors (Lipinski definition) is 9. The minimum absolute atomic E-state index is 0.00454. The monoisotopic (exact) mass is 1280 g/mol. The molecule has 26 nitrogen and oxygen atoms in total. The number of primary amides is 1. The van der Waals surface area contributed by atoms with Crippen molar-refractivity contribution in [3.63, 3.8) is 0 Å². The first-order valence-electron chi connectivity index (χ1n) is 31.8. The van der Waals surface area contributed by atoms with Crippen LogP contribution in [0.5, 0.6) is 0 Å². The number of aliphatic hydroxyl groups is 4. The highest BCUT2D eigenvalue weighted by Crippen LogP contribution is 2.38. The lowest BCUT2D eigenvalue weighted by Gasteiger charge is -2.37. The number of urea groups is 1. The summed E-state index contributed by atoms with van der Waals surface area (Å²) in [4.78, 5) is 121. The van der Waals surface area contributed by atoms with E-state index in [-0.39, 0.29) is 100.0 Å². The smallest absolute Gasteiger partial charge is 0.410 e. The van der Waals surface area contributed by atoms with Gasteiger partial charge in [-0.1, -0.05) is 77.5 Å². The number of carbonyl (C=O) groups is 9. The highest BCUT2D eigenvalue weighted by atomic mass is 16.6. The molecule has 12 atom stereocenters. The molecular formula is C65H99N9O17. The number of benzene rings is 1. The molecule has 0 bridgehead atoms. The predicted molar refractivity (Wildman–Crippen MR) is 337 cm³/mol. The Hall–Kier alpha value is -7.23. The SMILES string of the molecule is CC[C@H](O)[C@@H](C)[C@H]1O[C@@H]1C[C@@](C)(O)/C=C/C=C(\C)[C@H]1OC(=O)C[C@H](O)CC[C@@](C)(O)[C@@H](OC(=O)N2CCN(CCN(C)C(=O)OCc3ccc(NC(=O)[C@H](CCCNC(N)=O)NC(=O)C(NC(=O)CCCCCN4C(=O)C=CC4=O)C(C)C)cc3)CC2)/C=C/[C@@H]1C. The highest BCUT2D eigenvalue weighted by Gasteiger charge is 2.47. The van der Waals surface area contributed by atoms with Crippen molar-refractivity contribution in [2.45, 2.75) is 193 Å². The van der Waals surface area contributed by atoms with E-state index in [9.17, 15) is 63.6 Å². The molecule has 1 unspecified atom stereocenters. The molecule has 4 heterocycles. The van der Waals surface area contributed by atoms with E-state index < -0.39 is 89.6 Å². The number of unbranched alkanes of at least 4 members (excludes halogenated alkanes) is 2. The average molecular weight is 1280 g/mol. The summed E-state index contributed by atoms with van der Waals surface area (Å²) in [6.07, 6.45) is 8.36. The molecule has 91 heavy (non-hydrogen) atoms. The van der Waals surface area contributed by atoms with Crippen LogP contribution in [0.4, 0.5) is 20.1 Å². The number of nitrogens with zero attached hydrogens (tertiary/aromatic N) is 4. The van der Waals surface area contributed by atoms with Crippen molar-refractivity contribution < 1.29 is 82.5 Å². The maximum absolute atomic E-state index is 13.8. The number of nitrogens with one attached hydrogen (secondary N) is 4. The lowest BCUT2D eigenvalue weighted by molar-refractivity contribution is -0.151. The van der Waals surface area contributed by atoms with Crippen LogP contribution in [-0.4, -0.2) is 213 Å². The molecule has 9 amide bonds. The van der Waals surface area contributed by atoms with Gasteiger partial charge in [-0.05, 0) is 101 Å². The maximum Gasteiger partial charge on any atom is 0.410 e. The standard InChI is InChI=1S/C65H99N9O17/c1-10-49(76)44(6)58-50(89-58)39-64(7,86)28-14-16-42(4)57-43(5)19-24-51(65(8,87)29-27-47(75)38-55(80)91-57)90-63(85)73-36-34-72(35-37-73)33-32-71(9)62(84)88-40-45-20-22-46(23-21-45)68-59(81)48(17-15-30-67-61(66)83)69-60(82)56(41(2)3)70-52(77)18-12-11-13-31-74-53(78)25-26-54(74)79/h14,16,19-26,28,41,43-44,47-51,56-58,75-76,86-87H,10-13,15,17-18,27,29-40H2,1-9H3,(H,68,81)(H,69,82)(H,70,77)(H3,66,67,83)/b24-19+,28-14+,42-16+/t43-,44+,47+,48-,49-,50+,51-,56?,57+,58+,64-,65+/m0/s1. The van der Waals surface area contributed by atoms with Gasteiger partial charge in [0, 0.05) is 102 Å². The zero-order chi connectivity index (χ0) is 67.2. The number of epoxide rings is 1. The number of anilines is 1. The summed E-state index contributed by atoms with van der Waals surface area (Å²) in [5.41, 5.74) is 4.02. The van der Waals surface area contributed by atoms with Crippen LogP contribution in [0.15, 0.2) is 72.4 Å². The Morgan fingerprint density at radius 2 is 1.63 bits per heavy atom. The second kappa shape index (κ2) is 35.6. The Morgan fingerprint density at radius 1 is 0.945 bits per heavy atom. The van der Waals surface area contributed by atoms with Gasteiger partial charge < -0.3 is 76.2 Å². The second-order valence-corrected chi connectivity index (χ2v) is 25.3. The number of imide groups is 1. The van der Waals surface area contributed by atoms with Crippen LogP contribution < -0.4 is 27.0 Å². The number of cyclic esters (lactones) is 1. The number of nitrogens with two attached hydrogens (primary N) is 1. The zero-order valence-electron chi connectivity index (χ0n) is 54.3. The number of likely N-dealkylation sites (N-methyl/N-ethyl adjacent to an activating group) is 1. The fraction of sp³-hybridized carbons (Fsp3) is 0.646. The highest BCUT2D eigenvalue weighted by molar-refractivity contribution is 6.12. The largest absolute Gasteiger partial charge is 0.457 e. The summed E-state index contributed by atoms with van der Waals surface area (Å²) in [5.74, 6) is -3.77. The number of piperazine rings is 1. The van der Waals surface area contributed by atoms with Gasteiger partial charge in [0.25, 0.3) is 11.8 Å². The number of rotatable bonds is 30. The number of hydrogen-bond acceptors (Lipinski definition) is 18. The van der Waals surface area contributed by atoms with Crippen LogP contribution >= 0.6 is 0 Å². The summed E-state index contributed by atoms with van der Waals surface area (Å²) in [6, 6.07) is 3.77. The minimum atomic E-state index is -1.63. The van der Waals surface area contributed by atoms with Gasteiger partial charge in [-0.15, -0.1) is 0 Å². The zero-order valence-corrected chi connectivity index (χ0v) is 54.3. The molecule has 26 heteroatoms. The van der Waals surface area contributed by atoms with Crippen LogP contribution in [0.25, 0.3) is 0 Å². The number of carbonyl (C=O) groups excluding carboxylic acids is 9. The molecular weight excluding hydrogens is 1180 g/mol. The summed E-state index contributed by atoms with van der Waals surface area (Å²) < 4.78 is 23.3. The van der Waals surface area contributed by atoms with Crippen molar-refractivity contribution in [3.8, 4) is 0 Å². The molecule has 0 aliphatic carbocycles. The van der Waals surface area contributed by atoms with Crippen LogP contribution in [0.1, 0.15) is 132 Å². The Bertz CT molecular complexity index is 2740. The molecule has 2 saturated heterocycles. The van der Waals surface area contributed by atoms with E-state index in [1.54, 1.807) is 94.3 Å². The molecule has 1 aromatic rings. The summed E-state index contributed by atoms with van der Waals surface area (Å²) >= 11 is 0. The molecule has 506 valence electrons. The molecule has 0 saturated carbocycles. The molecule has 0 aromatic heterocycles. The maximum atomic E-state index is 13.8. The van der Waals surface area contributed by atoms with Crippen LogP contribution in [0, 0.1) is 17.8 Å². The lowest BCUT2D eigenvalue weighted by atomic mass is 9.88. The van der Waals surface area contributed by atoms with E-state index in [0.29, 0.717) is 88.2 Å². The van der Waals surface area contributed by atoms with Crippen molar-refractivity contribution in [2.75, 3.05) is 64.7 Å². The Morgan fingerprint density at radius 3 is 2.27 bits per heavy atom. The molecule has 2 fully saturated rings. The first-order chi connectivity index (χ1) is 43.0. The Kier molecular flexibility index (Phi) is 29.1. The first-order valence-corrected chi connectivity index (χ1v) is 31.8. The third-order valence-corrected chi connectivity index (χ3v) is 16.9. The normalized spacial score (nSPS) is 24.8. The van der Waals surface area contributed by atoms with E-state index in [4.69, 9.17) is 24.7 Å². The summed E-state index contributed by atoms with van der Waals surface area (Å²) in [7, 11) is 1.61. The topological polar surface area (TPSA) is 362 Å². The third-order valence-electron chi connectivity index (χ3n) is 16.9. The van der Waals surface area contributed by atoms with Crippen molar-refractivity contribution in [1.29, 1.82) is 0 Å². The second-order valence-electron chi connectivity index (χ2n) is 25.3. The van der Waals surface area contributed by atoms with Gasteiger partial charge >= 0.3 is 24.2 Å². The molecule has 4 aliphatic rings. The van der Waals surface area contributed by atoms with E-state index in [1.165, 1.54) is 24.0 Å². The van der Waals surface area contributed by atoms with Crippen molar-refractivity contribution >= 4 is 59.4 Å². The fourth-order valence-electron chi connectivity index (χ4n) is 10.9.